The molecule has 0 aromatic heterocycles. The predicted molar refractivity (Wildman–Crippen MR) is 45.3 cm³/mol. The van der Waals surface area contributed by atoms with Gasteiger partial charge in [0.25, 0.3) is 0 Å². The second kappa shape index (κ2) is 6.81. The molecule has 66 valence electrons. The van der Waals surface area contributed by atoms with Gasteiger partial charge in [-0.05, 0) is 11.6 Å². The Bertz CT molecular complexity index is 325. The van der Waals surface area contributed by atoms with Crippen LogP contribution >= 0.6 is 0 Å². The normalized spacial score (nSPS) is 9.92. The van der Waals surface area contributed by atoms with Crippen LogP contribution in [-0.4, -0.2) is 0 Å². The summed E-state index contributed by atoms with van der Waals surface area (Å²) in [7, 11) is -2.48. The maximum absolute atomic E-state index is 9.92. The zero-order chi connectivity index (χ0) is 8.81. The van der Waals surface area contributed by atoms with E-state index in [4.69, 9.17) is 0 Å². The summed E-state index contributed by atoms with van der Waals surface area (Å²) in [4.78, 5) is 0. The van der Waals surface area contributed by atoms with E-state index in [9.17, 15) is 8.42 Å². The van der Waals surface area contributed by atoms with Crippen LogP contribution in [0.15, 0.2) is 36.6 Å². The summed E-state index contributed by atoms with van der Waals surface area (Å²) in [6.45, 7) is 0. The van der Waals surface area contributed by atoms with Crippen LogP contribution in [0.2, 0.25) is 0 Å². The molecule has 1 rings (SSSR count). The second-order valence-electron chi connectivity index (χ2n) is 2.01. The largest absolute Gasteiger partial charge is 0.539 e. The first-order valence-corrected chi connectivity index (χ1v) is 4.27. The van der Waals surface area contributed by atoms with E-state index in [1.54, 1.807) is 6.08 Å². The zero-order valence-electron chi connectivity index (χ0n) is 6.88. The average Bonchev–Trinajstić information content (AvgIpc) is 2.05. The molecule has 0 aliphatic rings. The molecule has 0 atom stereocenters. The Kier molecular flexibility index (Phi) is 6.46. The van der Waals surface area contributed by atoms with E-state index < -0.39 is 11.0 Å². The van der Waals surface area contributed by atoms with E-state index in [2.05, 4.69) is 4.18 Å². The monoisotopic (exact) mass is 247 g/mol. The van der Waals surface area contributed by atoms with Gasteiger partial charge in [0.1, 0.15) is 11.0 Å². The van der Waals surface area contributed by atoms with Gasteiger partial charge in [-0.1, -0.05) is 30.3 Å². The molecular formula is C8H7O3SZn-. The van der Waals surface area contributed by atoms with Gasteiger partial charge in [0.05, 0.1) is 6.26 Å². The first kappa shape index (κ1) is 12.3. The molecule has 0 amide bonds. The molecule has 0 radical (unpaired) electrons. The third kappa shape index (κ3) is 5.55. The zero-order valence-corrected chi connectivity index (χ0v) is 10.7. The Morgan fingerprint density at radius 3 is 2.31 bits per heavy atom. The summed E-state index contributed by atoms with van der Waals surface area (Å²) in [5.41, 5.74) is 0.892. The maximum Gasteiger partial charge on any atom is 0.103 e. The Labute approximate surface area is 91.3 Å². The fourth-order valence-corrected chi connectivity index (χ4v) is 0.862. The van der Waals surface area contributed by atoms with Gasteiger partial charge >= 0.3 is 0 Å². The first-order valence-electron chi connectivity index (χ1n) is 3.27. The molecule has 0 spiro atoms. The van der Waals surface area contributed by atoms with Gasteiger partial charge in [-0.3, -0.25) is 0 Å². The summed E-state index contributed by atoms with van der Waals surface area (Å²) in [5, 5.41) is 0. The molecule has 0 bridgehead atoms. The summed E-state index contributed by atoms with van der Waals surface area (Å²) in [6, 6.07) is 9.27. The summed E-state index contributed by atoms with van der Waals surface area (Å²) in [5.74, 6) is 0. The van der Waals surface area contributed by atoms with Gasteiger partial charge in [-0.2, -0.15) is 0 Å². The van der Waals surface area contributed by atoms with E-state index in [1.807, 2.05) is 30.3 Å². The van der Waals surface area contributed by atoms with Crippen LogP contribution < -0.4 is 0 Å². The quantitative estimate of drug-likeness (QED) is 0.466. The number of hydrogen-bond donors (Lipinski definition) is 0. The van der Waals surface area contributed by atoms with E-state index in [0.29, 0.717) is 0 Å². The molecule has 0 saturated carbocycles. The minimum absolute atomic E-state index is 0. The van der Waals surface area contributed by atoms with Crippen molar-refractivity contribution in [1.82, 2.24) is 0 Å². The van der Waals surface area contributed by atoms with Crippen molar-refractivity contribution in [3.05, 3.63) is 42.2 Å². The SMILES string of the molecule is O=[S-](=O)OC=Cc1ccccc1.[Zn]. The molecule has 0 fully saturated rings. The topological polar surface area (TPSA) is 43.4 Å². The van der Waals surface area contributed by atoms with Crippen molar-refractivity contribution in [3.8, 4) is 0 Å². The molecule has 0 saturated heterocycles. The van der Waals surface area contributed by atoms with Gasteiger partial charge in [0, 0.05) is 19.5 Å². The van der Waals surface area contributed by atoms with E-state index in [-0.39, 0.29) is 19.5 Å². The third-order valence-corrected chi connectivity index (χ3v) is 1.46. The van der Waals surface area contributed by atoms with Crippen LogP contribution in [0, 0.1) is 0 Å². The molecular weight excluding hydrogens is 242 g/mol. The Morgan fingerprint density at radius 2 is 1.77 bits per heavy atom. The molecule has 13 heavy (non-hydrogen) atoms. The number of hydrogen-bond acceptors (Lipinski definition) is 4. The van der Waals surface area contributed by atoms with Crippen molar-refractivity contribution in [2.75, 3.05) is 0 Å². The summed E-state index contributed by atoms with van der Waals surface area (Å²) < 4.78 is 24.0. The Morgan fingerprint density at radius 1 is 1.15 bits per heavy atom. The Balaban J connectivity index is 0.00000144. The second-order valence-corrected chi connectivity index (χ2v) is 2.61. The standard InChI is InChI=1S/C8H7O3S.Zn/c9-12(10)11-7-6-8-4-2-1-3-5-8;/h1-7H;/q-1;. The van der Waals surface area contributed by atoms with Gasteiger partial charge in [0.2, 0.25) is 0 Å². The van der Waals surface area contributed by atoms with Crippen molar-refractivity contribution < 1.29 is 32.1 Å². The van der Waals surface area contributed by atoms with Gasteiger partial charge < -0.3 is 12.6 Å². The number of rotatable bonds is 3. The molecule has 3 nitrogen and oxygen atoms in total. The van der Waals surface area contributed by atoms with Crippen molar-refractivity contribution >= 4 is 17.1 Å². The van der Waals surface area contributed by atoms with Gasteiger partial charge in [0.15, 0.2) is 0 Å². The minimum atomic E-state index is -2.48. The Hall–Kier alpha value is -0.667. The molecule has 1 aromatic rings. The molecule has 0 heterocycles. The molecule has 5 heteroatoms. The van der Waals surface area contributed by atoms with Crippen LogP contribution in [0.3, 0.4) is 0 Å². The van der Waals surface area contributed by atoms with Crippen LogP contribution in [0.4, 0.5) is 0 Å². The fourth-order valence-electron chi connectivity index (χ4n) is 0.716. The minimum Gasteiger partial charge on any atom is -0.539 e. The third-order valence-electron chi connectivity index (χ3n) is 1.19. The van der Waals surface area contributed by atoms with Crippen LogP contribution in [0.5, 0.6) is 0 Å². The smallest absolute Gasteiger partial charge is 0.103 e. The predicted octanol–water partition coefficient (Wildman–Crippen LogP) is 1.90. The average molecular weight is 249 g/mol. The van der Waals surface area contributed by atoms with Crippen LogP contribution in [-0.2, 0) is 43.1 Å². The first-order chi connectivity index (χ1) is 5.79. The van der Waals surface area contributed by atoms with Crippen LogP contribution in [0.1, 0.15) is 5.56 Å². The summed E-state index contributed by atoms with van der Waals surface area (Å²) >= 11 is 0. The summed E-state index contributed by atoms with van der Waals surface area (Å²) in [6.07, 6.45) is 2.69. The molecule has 0 unspecified atom stereocenters. The van der Waals surface area contributed by atoms with Crippen LogP contribution in [0.25, 0.3) is 6.08 Å². The van der Waals surface area contributed by atoms with Crippen molar-refractivity contribution in [2.45, 2.75) is 0 Å². The van der Waals surface area contributed by atoms with Gasteiger partial charge in [-0.15, -0.1) is 0 Å². The van der Waals surface area contributed by atoms with Gasteiger partial charge in [-0.25, -0.2) is 0 Å². The van der Waals surface area contributed by atoms with Crippen molar-refractivity contribution in [1.29, 1.82) is 0 Å². The molecule has 0 aliphatic heterocycles. The van der Waals surface area contributed by atoms with Crippen molar-refractivity contribution in [3.63, 3.8) is 0 Å². The molecule has 0 N–H and O–H groups in total. The van der Waals surface area contributed by atoms with E-state index >= 15 is 0 Å². The maximum atomic E-state index is 9.92. The molecule has 0 aliphatic carbocycles. The van der Waals surface area contributed by atoms with E-state index in [1.165, 1.54) is 0 Å². The van der Waals surface area contributed by atoms with Crippen molar-refractivity contribution in [2.24, 2.45) is 0 Å². The van der Waals surface area contributed by atoms with E-state index in [0.717, 1.165) is 11.8 Å². The number of benzene rings is 1. The fraction of sp³-hybridized carbons (Fsp3) is 0. The molecule has 1 aromatic carbocycles.